The Morgan fingerprint density at radius 1 is 0.951 bits per heavy atom. The van der Waals surface area contributed by atoms with Crippen molar-refractivity contribution in [1.29, 1.82) is 0 Å². The number of hydrogen-bond donors (Lipinski definition) is 1. The summed E-state index contributed by atoms with van der Waals surface area (Å²) >= 11 is 1.98. The van der Waals surface area contributed by atoms with Crippen molar-refractivity contribution in [3.8, 4) is 5.75 Å². The van der Waals surface area contributed by atoms with E-state index in [-0.39, 0.29) is 34.4 Å². The Morgan fingerprint density at radius 2 is 1.51 bits per heavy atom. The summed E-state index contributed by atoms with van der Waals surface area (Å²) in [5, 5.41) is 11.0. The van der Waals surface area contributed by atoms with Crippen molar-refractivity contribution in [3.63, 3.8) is 0 Å². The molecule has 0 bridgehead atoms. The number of phenols is 1. The molecule has 0 saturated carbocycles. The number of aryl methyl sites for hydroxylation is 2. The maximum absolute atomic E-state index is 12.6. The molecule has 2 fully saturated rings. The van der Waals surface area contributed by atoms with Gasteiger partial charge in [-0.15, -0.1) is 11.8 Å². The molecule has 2 heterocycles. The summed E-state index contributed by atoms with van der Waals surface area (Å²) in [5.41, 5.74) is 5.17. The van der Waals surface area contributed by atoms with Crippen LogP contribution < -0.4 is 0 Å². The number of ether oxygens (including phenoxy) is 3. The maximum Gasteiger partial charge on any atom is 0.306 e. The highest BCUT2D eigenvalue weighted by Crippen LogP contribution is 2.55. The molecule has 2 atom stereocenters. The van der Waals surface area contributed by atoms with Gasteiger partial charge in [-0.05, 0) is 46.6 Å². The SMILES string of the molecule is Cc1cc(CCC(=O)OCC2COC3(CC(c4ccccc4)SC(c4ccccc4)C3)OC2)cc(C(C)(C)C)c1O. The molecule has 3 aromatic rings. The van der Waals surface area contributed by atoms with Crippen LogP contribution in [0.15, 0.2) is 72.8 Å². The third-order valence-electron chi connectivity index (χ3n) is 8.09. The minimum absolute atomic E-state index is 0.00733. The van der Waals surface area contributed by atoms with Crippen molar-refractivity contribution in [2.24, 2.45) is 5.92 Å². The molecule has 218 valence electrons. The molecule has 5 rings (SSSR count). The Hall–Kier alpha value is -2.80. The second-order valence-electron chi connectivity index (χ2n) is 12.5. The number of carbonyl (C=O) groups is 1. The summed E-state index contributed by atoms with van der Waals surface area (Å²) in [4.78, 5) is 12.6. The summed E-state index contributed by atoms with van der Waals surface area (Å²) in [7, 11) is 0. The van der Waals surface area contributed by atoms with Crippen molar-refractivity contribution in [1.82, 2.24) is 0 Å². The molecular weight excluding hydrogens is 532 g/mol. The zero-order chi connectivity index (χ0) is 29.0. The van der Waals surface area contributed by atoms with Crippen molar-refractivity contribution >= 4 is 17.7 Å². The third-order valence-corrected chi connectivity index (χ3v) is 9.63. The Balaban J connectivity index is 1.16. The standard InChI is InChI=1S/C35H42O5S/c1-24-17-25(18-29(33(24)37)34(2,3)4)15-16-32(36)38-21-26-22-39-35(40-23-26)19-30(27-11-7-5-8-12-27)41-31(20-35)28-13-9-6-10-14-28/h5-14,17-18,26,30-31,37H,15-16,19-23H2,1-4H3. The largest absolute Gasteiger partial charge is 0.507 e. The second-order valence-corrected chi connectivity index (χ2v) is 13.9. The van der Waals surface area contributed by atoms with E-state index >= 15 is 0 Å². The summed E-state index contributed by atoms with van der Waals surface area (Å²) in [6, 6.07) is 25.2. The van der Waals surface area contributed by atoms with E-state index in [0.29, 0.717) is 31.8 Å². The zero-order valence-electron chi connectivity index (χ0n) is 24.6. The van der Waals surface area contributed by atoms with Crippen LogP contribution in [0.5, 0.6) is 5.75 Å². The van der Waals surface area contributed by atoms with E-state index in [1.807, 2.05) is 30.8 Å². The Bertz CT molecular complexity index is 1260. The topological polar surface area (TPSA) is 65.0 Å². The molecule has 0 radical (unpaired) electrons. The molecule has 1 N–H and O–H groups in total. The predicted molar refractivity (Wildman–Crippen MR) is 164 cm³/mol. The predicted octanol–water partition coefficient (Wildman–Crippen LogP) is 7.84. The molecule has 2 aliphatic heterocycles. The van der Waals surface area contributed by atoms with Gasteiger partial charge in [-0.25, -0.2) is 0 Å². The maximum atomic E-state index is 12.6. The van der Waals surface area contributed by atoms with Crippen LogP contribution in [0.1, 0.15) is 78.4 Å². The van der Waals surface area contributed by atoms with Crippen LogP contribution in [-0.4, -0.2) is 36.7 Å². The number of benzene rings is 3. The lowest BCUT2D eigenvalue weighted by molar-refractivity contribution is -0.293. The summed E-state index contributed by atoms with van der Waals surface area (Å²) < 4.78 is 18.7. The smallest absolute Gasteiger partial charge is 0.306 e. The molecule has 41 heavy (non-hydrogen) atoms. The summed E-state index contributed by atoms with van der Waals surface area (Å²) in [6.07, 6.45) is 2.45. The van der Waals surface area contributed by atoms with E-state index in [9.17, 15) is 9.90 Å². The molecule has 0 aliphatic carbocycles. The van der Waals surface area contributed by atoms with Gasteiger partial charge >= 0.3 is 5.97 Å². The molecule has 2 unspecified atom stereocenters. The molecule has 5 nitrogen and oxygen atoms in total. The fraction of sp³-hybridized carbons (Fsp3) is 0.457. The Kier molecular flexibility index (Phi) is 9.12. The lowest BCUT2D eigenvalue weighted by Crippen LogP contribution is -2.48. The van der Waals surface area contributed by atoms with Crippen molar-refractivity contribution in [2.75, 3.05) is 19.8 Å². The van der Waals surface area contributed by atoms with Crippen LogP contribution in [-0.2, 0) is 30.8 Å². The number of thioether (sulfide) groups is 1. The lowest BCUT2D eigenvalue weighted by atomic mass is 9.83. The van der Waals surface area contributed by atoms with Crippen LogP contribution in [0.4, 0.5) is 0 Å². The number of phenolic OH excluding ortho intramolecular Hbond substituents is 1. The van der Waals surface area contributed by atoms with Gasteiger partial charge < -0.3 is 19.3 Å². The molecular formula is C35H42O5S. The van der Waals surface area contributed by atoms with E-state index in [0.717, 1.165) is 29.5 Å². The first-order chi connectivity index (χ1) is 19.6. The molecule has 6 heteroatoms. The second kappa shape index (κ2) is 12.6. The summed E-state index contributed by atoms with van der Waals surface area (Å²) in [6.45, 7) is 9.43. The molecule has 0 aromatic heterocycles. The number of hydrogen-bond acceptors (Lipinski definition) is 6. The summed E-state index contributed by atoms with van der Waals surface area (Å²) in [5.74, 6) is -0.530. The Morgan fingerprint density at radius 3 is 2.05 bits per heavy atom. The van der Waals surface area contributed by atoms with Crippen LogP contribution in [0.3, 0.4) is 0 Å². The first-order valence-corrected chi connectivity index (χ1v) is 15.6. The first kappa shape index (κ1) is 29.7. The molecule has 2 saturated heterocycles. The van der Waals surface area contributed by atoms with Gasteiger partial charge in [0, 0.05) is 35.7 Å². The minimum atomic E-state index is -0.645. The van der Waals surface area contributed by atoms with E-state index in [1.54, 1.807) is 0 Å². The zero-order valence-corrected chi connectivity index (χ0v) is 25.4. The van der Waals surface area contributed by atoms with Crippen molar-refractivity contribution in [3.05, 3.63) is 101 Å². The average Bonchev–Trinajstić information content (AvgIpc) is 2.97. The fourth-order valence-electron chi connectivity index (χ4n) is 5.73. The monoisotopic (exact) mass is 574 g/mol. The van der Waals surface area contributed by atoms with Gasteiger partial charge in [-0.1, -0.05) is 93.6 Å². The molecule has 1 spiro atoms. The lowest BCUT2D eigenvalue weighted by Gasteiger charge is -2.47. The van der Waals surface area contributed by atoms with E-state index in [2.05, 4.69) is 81.4 Å². The first-order valence-electron chi connectivity index (χ1n) is 14.6. The molecule has 0 amide bonds. The van der Waals surface area contributed by atoms with Crippen LogP contribution in [0, 0.1) is 12.8 Å². The molecule has 3 aromatic carbocycles. The van der Waals surface area contributed by atoms with Gasteiger partial charge in [0.25, 0.3) is 0 Å². The fourth-order valence-corrected chi connectivity index (χ4v) is 7.46. The third kappa shape index (κ3) is 7.35. The van der Waals surface area contributed by atoms with E-state index in [1.165, 1.54) is 11.1 Å². The van der Waals surface area contributed by atoms with E-state index < -0.39 is 5.79 Å². The number of carbonyl (C=O) groups excluding carboxylic acids is 1. The highest BCUT2D eigenvalue weighted by atomic mass is 32.2. The van der Waals surface area contributed by atoms with Gasteiger partial charge in [-0.2, -0.15) is 0 Å². The van der Waals surface area contributed by atoms with Crippen LogP contribution in [0.2, 0.25) is 0 Å². The van der Waals surface area contributed by atoms with Gasteiger partial charge in [0.05, 0.1) is 19.8 Å². The van der Waals surface area contributed by atoms with Crippen molar-refractivity contribution in [2.45, 2.75) is 75.1 Å². The number of esters is 1. The molecule has 2 aliphatic rings. The Labute approximate surface area is 248 Å². The van der Waals surface area contributed by atoms with Gasteiger partial charge in [-0.3, -0.25) is 4.79 Å². The van der Waals surface area contributed by atoms with Crippen molar-refractivity contribution < 1.29 is 24.1 Å². The van der Waals surface area contributed by atoms with Gasteiger partial charge in [0.2, 0.25) is 0 Å². The van der Waals surface area contributed by atoms with Crippen LogP contribution in [0.25, 0.3) is 0 Å². The number of aromatic hydroxyl groups is 1. The quantitative estimate of drug-likeness (QED) is 0.290. The van der Waals surface area contributed by atoms with Gasteiger partial charge in [0.1, 0.15) is 5.75 Å². The van der Waals surface area contributed by atoms with E-state index in [4.69, 9.17) is 14.2 Å². The average molecular weight is 575 g/mol. The highest BCUT2D eigenvalue weighted by molar-refractivity contribution is 7.99. The number of rotatable bonds is 7. The van der Waals surface area contributed by atoms with Gasteiger partial charge in [0.15, 0.2) is 5.79 Å². The highest BCUT2D eigenvalue weighted by Gasteiger charge is 2.46. The normalized spacial score (nSPS) is 24.7. The minimum Gasteiger partial charge on any atom is -0.507 e. The van der Waals surface area contributed by atoms with Crippen LogP contribution >= 0.6 is 11.8 Å².